The maximum Gasteiger partial charge on any atom is 0.388 e. The van der Waals surface area contributed by atoms with Crippen LogP contribution in [-0.4, -0.2) is 51.4 Å². The third-order valence-electron chi connectivity index (χ3n) is 6.11. The first kappa shape index (κ1) is 28.3. The zero-order chi connectivity index (χ0) is 22.7. The molecule has 1 unspecified atom stereocenters. The lowest BCUT2D eigenvalue weighted by atomic mass is 10.2. The summed E-state index contributed by atoms with van der Waals surface area (Å²) in [7, 11) is -9.13. The SMILES string of the molecule is CCC(CC)(O[Si](C)(CCC(F)(F)F)C(CC)(CC)O[Si](C)(C)O)[Si](C)(C)O. The third kappa shape index (κ3) is 6.92. The monoisotopic (exact) mass is 462 g/mol. The maximum absolute atomic E-state index is 13.2. The predicted molar refractivity (Wildman–Crippen MR) is 115 cm³/mol. The minimum atomic E-state index is -4.30. The predicted octanol–water partition coefficient (Wildman–Crippen LogP) is 5.63. The molecule has 0 aliphatic carbocycles. The Hall–Kier alpha value is 0.281. The molecule has 0 fully saturated rings. The molecule has 0 aliphatic rings. The van der Waals surface area contributed by atoms with E-state index < -0.39 is 48.2 Å². The van der Waals surface area contributed by atoms with Gasteiger partial charge in [0.15, 0.2) is 0 Å². The lowest BCUT2D eigenvalue weighted by Gasteiger charge is -2.54. The molecule has 0 aromatic heterocycles. The Morgan fingerprint density at radius 3 is 1.36 bits per heavy atom. The quantitative estimate of drug-likeness (QED) is 0.369. The highest BCUT2D eigenvalue weighted by molar-refractivity contribution is 6.79. The van der Waals surface area contributed by atoms with Crippen LogP contribution in [0.15, 0.2) is 0 Å². The van der Waals surface area contributed by atoms with Crippen LogP contribution in [0, 0.1) is 0 Å². The van der Waals surface area contributed by atoms with Gasteiger partial charge in [-0.25, -0.2) is 0 Å². The molecule has 0 aromatic carbocycles. The van der Waals surface area contributed by atoms with Crippen molar-refractivity contribution in [3.8, 4) is 0 Å². The van der Waals surface area contributed by atoms with Crippen LogP contribution < -0.4 is 0 Å². The summed E-state index contributed by atoms with van der Waals surface area (Å²) in [5.41, 5.74) is 0. The molecule has 0 rings (SSSR count). The Balaban J connectivity index is 6.47. The summed E-state index contributed by atoms with van der Waals surface area (Å²) in [5, 5.41) is -1.79. The largest absolute Gasteiger partial charge is 0.429 e. The smallest absolute Gasteiger partial charge is 0.388 e. The van der Waals surface area contributed by atoms with E-state index in [2.05, 4.69) is 0 Å². The first-order valence-corrected chi connectivity index (χ1v) is 18.7. The van der Waals surface area contributed by atoms with E-state index in [0.717, 1.165) is 0 Å². The van der Waals surface area contributed by atoms with Gasteiger partial charge in [0, 0.05) is 6.42 Å². The van der Waals surface area contributed by atoms with Gasteiger partial charge in [0.2, 0.25) is 16.6 Å². The van der Waals surface area contributed by atoms with Crippen LogP contribution in [0.4, 0.5) is 13.2 Å². The number of alkyl halides is 3. The summed E-state index contributed by atoms with van der Waals surface area (Å²) in [4.78, 5) is 21.5. The zero-order valence-corrected chi connectivity index (χ0v) is 22.1. The van der Waals surface area contributed by atoms with E-state index in [-0.39, 0.29) is 6.04 Å². The lowest BCUT2D eigenvalue weighted by molar-refractivity contribution is -0.132. The van der Waals surface area contributed by atoms with E-state index in [1.54, 1.807) is 32.7 Å². The number of hydrogen-bond acceptors (Lipinski definition) is 4. The van der Waals surface area contributed by atoms with Crippen molar-refractivity contribution in [1.82, 2.24) is 0 Å². The minimum absolute atomic E-state index is 0.158. The van der Waals surface area contributed by atoms with E-state index in [1.165, 1.54) is 0 Å². The van der Waals surface area contributed by atoms with Gasteiger partial charge in [-0.1, -0.05) is 27.7 Å². The van der Waals surface area contributed by atoms with Crippen molar-refractivity contribution in [2.75, 3.05) is 0 Å². The van der Waals surface area contributed by atoms with Crippen molar-refractivity contribution >= 4 is 25.2 Å². The Kier molecular flexibility index (Phi) is 9.71. The molecular formula is C18H41F3O4Si3. The Bertz CT molecular complexity index is 482. The molecule has 1 atom stereocenters. The van der Waals surface area contributed by atoms with Crippen LogP contribution in [-0.2, 0) is 8.85 Å². The Labute approximate surface area is 172 Å². The summed E-state index contributed by atoms with van der Waals surface area (Å²) < 4.78 is 52.5. The molecule has 28 heavy (non-hydrogen) atoms. The molecule has 0 aliphatic heterocycles. The minimum Gasteiger partial charge on any atom is -0.429 e. The van der Waals surface area contributed by atoms with Gasteiger partial charge in [-0.05, 0) is 64.5 Å². The third-order valence-corrected chi connectivity index (χ3v) is 15.2. The van der Waals surface area contributed by atoms with Gasteiger partial charge < -0.3 is 18.4 Å². The fraction of sp³-hybridized carbons (Fsp3) is 1.00. The molecule has 0 aromatic rings. The van der Waals surface area contributed by atoms with Gasteiger partial charge in [0.05, 0.1) is 10.4 Å². The average molecular weight is 463 g/mol. The first-order chi connectivity index (χ1) is 12.4. The molecule has 10 heteroatoms. The lowest BCUT2D eigenvalue weighted by Crippen LogP contribution is -2.69. The van der Waals surface area contributed by atoms with Crippen LogP contribution in [0.5, 0.6) is 0 Å². The van der Waals surface area contributed by atoms with E-state index in [9.17, 15) is 22.8 Å². The van der Waals surface area contributed by atoms with Gasteiger partial charge in [-0.3, -0.25) is 0 Å². The molecule has 170 valence electrons. The second-order valence-electron chi connectivity index (χ2n) is 8.96. The topological polar surface area (TPSA) is 58.9 Å². The van der Waals surface area contributed by atoms with Crippen molar-refractivity contribution in [3.63, 3.8) is 0 Å². The second-order valence-corrected chi connectivity index (χ2v) is 20.2. The summed E-state index contributed by atoms with van der Waals surface area (Å²) in [6.07, 6.45) is -3.29. The Morgan fingerprint density at radius 1 is 0.714 bits per heavy atom. The van der Waals surface area contributed by atoms with Crippen molar-refractivity contribution in [2.45, 2.75) is 115 Å². The van der Waals surface area contributed by atoms with E-state index in [1.807, 2.05) is 27.7 Å². The fourth-order valence-corrected chi connectivity index (χ4v) is 14.7. The van der Waals surface area contributed by atoms with Gasteiger partial charge in [0.25, 0.3) is 0 Å². The molecule has 0 radical (unpaired) electrons. The normalized spacial score (nSPS) is 16.9. The van der Waals surface area contributed by atoms with Gasteiger partial charge >= 0.3 is 14.7 Å². The van der Waals surface area contributed by atoms with Crippen molar-refractivity contribution in [1.29, 1.82) is 0 Å². The van der Waals surface area contributed by atoms with E-state index in [0.29, 0.717) is 25.7 Å². The number of hydrogen-bond donors (Lipinski definition) is 2. The van der Waals surface area contributed by atoms with Gasteiger partial charge in [-0.2, -0.15) is 13.2 Å². The Morgan fingerprint density at radius 2 is 1.11 bits per heavy atom. The van der Waals surface area contributed by atoms with Crippen molar-refractivity contribution < 1.29 is 31.6 Å². The van der Waals surface area contributed by atoms with Crippen LogP contribution in [0.2, 0.25) is 38.8 Å². The zero-order valence-electron chi connectivity index (χ0n) is 19.1. The summed E-state index contributed by atoms with van der Waals surface area (Å²) in [5.74, 6) is 0. The summed E-state index contributed by atoms with van der Waals surface area (Å²) in [6, 6.07) is -0.158. The van der Waals surface area contributed by atoms with Crippen LogP contribution in [0.3, 0.4) is 0 Å². The molecule has 2 N–H and O–H groups in total. The average Bonchev–Trinajstić information content (AvgIpc) is 2.53. The highest BCUT2D eigenvalue weighted by Gasteiger charge is 2.59. The molecule has 4 nitrogen and oxygen atoms in total. The standard InChI is InChI=1S/C18H41F3O4Si3/c1-10-16(11-2,26(5,6)22)25-28(9,15-14-18(19,20)21)17(12-3,13-4)24-27(7,8)23/h22-23H,10-15H2,1-9H3. The van der Waals surface area contributed by atoms with Gasteiger partial charge in [0.1, 0.15) is 0 Å². The molecule has 0 saturated heterocycles. The van der Waals surface area contributed by atoms with Crippen LogP contribution in [0.25, 0.3) is 0 Å². The van der Waals surface area contributed by atoms with Crippen LogP contribution >= 0.6 is 0 Å². The van der Waals surface area contributed by atoms with Gasteiger partial charge in [-0.15, -0.1) is 0 Å². The molecule has 0 amide bonds. The number of halogens is 3. The molecule has 0 bridgehead atoms. The van der Waals surface area contributed by atoms with Crippen molar-refractivity contribution in [3.05, 3.63) is 0 Å². The maximum atomic E-state index is 13.2. The summed E-state index contributed by atoms with van der Waals surface area (Å²) >= 11 is 0. The molecule has 0 heterocycles. The van der Waals surface area contributed by atoms with E-state index >= 15 is 0 Å². The fourth-order valence-electron chi connectivity index (χ4n) is 4.30. The first-order valence-electron chi connectivity index (χ1n) is 10.3. The highest BCUT2D eigenvalue weighted by atomic mass is 28.4. The van der Waals surface area contributed by atoms with Crippen molar-refractivity contribution in [2.24, 2.45) is 0 Å². The summed E-state index contributed by atoms with van der Waals surface area (Å²) in [6.45, 7) is 16.2. The molecular weight excluding hydrogens is 421 g/mol. The number of rotatable bonds is 12. The van der Waals surface area contributed by atoms with E-state index in [4.69, 9.17) is 8.85 Å². The highest BCUT2D eigenvalue weighted by Crippen LogP contribution is 2.45. The second kappa shape index (κ2) is 9.61. The molecule has 0 saturated carbocycles. The van der Waals surface area contributed by atoms with Crippen LogP contribution in [0.1, 0.15) is 59.8 Å². The molecule has 0 spiro atoms.